The van der Waals surface area contributed by atoms with Crippen molar-refractivity contribution in [3.63, 3.8) is 0 Å². The Morgan fingerprint density at radius 3 is 2.62 bits per heavy atom. The van der Waals surface area contributed by atoms with Crippen molar-refractivity contribution in [2.45, 2.75) is 24.8 Å². The lowest BCUT2D eigenvalue weighted by molar-refractivity contribution is -0.112. The van der Waals surface area contributed by atoms with Crippen LogP contribution in [0.15, 0.2) is 52.9 Å². The number of aromatic nitrogens is 2. The molecule has 1 amide bonds. The van der Waals surface area contributed by atoms with Gasteiger partial charge in [0.05, 0.1) is 7.11 Å². The van der Waals surface area contributed by atoms with Crippen LogP contribution in [0.3, 0.4) is 0 Å². The second-order valence-electron chi connectivity index (χ2n) is 6.53. The monoisotopic (exact) mass is 466 g/mol. The van der Waals surface area contributed by atoms with Crippen LogP contribution in [-0.4, -0.2) is 29.5 Å². The van der Waals surface area contributed by atoms with Crippen LogP contribution in [0.2, 0.25) is 0 Å². The van der Waals surface area contributed by atoms with Gasteiger partial charge in [0.1, 0.15) is 23.3 Å². The second-order valence-corrected chi connectivity index (χ2v) is 8.47. The molecule has 32 heavy (non-hydrogen) atoms. The van der Waals surface area contributed by atoms with E-state index in [2.05, 4.69) is 15.5 Å². The highest BCUT2D eigenvalue weighted by molar-refractivity contribution is 7.98. The van der Waals surface area contributed by atoms with E-state index in [1.807, 2.05) is 43.5 Å². The van der Waals surface area contributed by atoms with Crippen LogP contribution in [-0.2, 0) is 17.8 Å². The van der Waals surface area contributed by atoms with Crippen molar-refractivity contribution >= 4 is 40.2 Å². The highest BCUT2D eigenvalue weighted by Crippen LogP contribution is 2.30. The Morgan fingerprint density at radius 2 is 2.00 bits per heavy atom. The van der Waals surface area contributed by atoms with Gasteiger partial charge < -0.3 is 9.47 Å². The van der Waals surface area contributed by atoms with Crippen molar-refractivity contribution in [3.05, 3.63) is 64.2 Å². The molecule has 0 aliphatic rings. The Kier molecular flexibility index (Phi) is 8.25. The van der Waals surface area contributed by atoms with E-state index in [-0.39, 0.29) is 5.57 Å². The normalized spacial score (nSPS) is 11.0. The number of carbonyl (C=O) groups is 1. The largest absolute Gasteiger partial charge is 0.493 e. The van der Waals surface area contributed by atoms with Gasteiger partial charge in [-0.25, -0.2) is 0 Å². The van der Waals surface area contributed by atoms with Crippen molar-refractivity contribution in [3.8, 4) is 17.6 Å². The minimum atomic E-state index is -0.542. The Hall–Kier alpha value is -3.35. The van der Waals surface area contributed by atoms with Crippen LogP contribution < -0.4 is 14.8 Å². The van der Waals surface area contributed by atoms with Crippen molar-refractivity contribution < 1.29 is 14.3 Å². The second kappa shape index (κ2) is 11.3. The third-order valence-electron chi connectivity index (χ3n) is 4.41. The Balaban J connectivity index is 1.71. The van der Waals surface area contributed by atoms with Gasteiger partial charge in [0.2, 0.25) is 5.13 Å². The van der Waals surface area contributed by atoms with E-state index in [4.69, 9.17) is 9.47 Å². The molecule has 9 heteroatoms. The highest BCUT2D eigenvalue weighted by atomic mass is 32.2. The van der Waals surface area contributed by atoms with Crippen LogP contribution in [0.4, 0.5) is 5.13 Å². The van der Waals surface area contributed by atoms with E-state index >= 15 is 0 Å². The molecule has 0 saturated heterocycles. The van der Waals surface area contributed by atoms with Crippen LogP contribution in [0.5, 0.6) is 11.5 Å². The van der Waals surface area contributed by atoms with E-state index in [1.165, 1.54) is 22.3 Å². The first-order valence-electron chi connectivity index (χ1n) is 9.75. The predicted octanol–water partition coefficient (Wildman–Crippen LogP) is 4.96. The average Bonchev–Trinajstić information content (AvgIpc) is 3.29. The number of hydrogen-bond acceptors (Lipinski definition) is 8. The van der Waals surface area contributed by atoms with E-state index in [1.54, 1.807) is 37.1 Å². The third-order valence-corrected chi connectivity index (χ3v) is 6.13. The maximum absolute atomic E-state index is 12.5. The summed E-state index contributed by atoms with van der Waals surface area (Å²) in [7, 11) is 1.54. The number of nitriles is 1. The first kappa shape index (κ1) is 23.3. The molecule has 0 aliphatic heterocycles. The summed E-state index contributed by atoms with van der Waals surface area (Å²) in [6.45, 7) is 2.35. The number of carbonyl (C=O) groups excluding carboxylic acids is 1. The summed E-state index contributed by atoms with van der Waals surface area (Å²) >= 11 is 2.97. The van der Waals surface area contributed by atoms with Crippen LogP contribution in [0.1, 0.15) is 23.1 Å². The predicted molar refractivity (Wildman–Crippen MR) is 127 cm³/mol. The molecule has 7 nitrogen and oxygen atoms in total. The summed E-state index contributed by atoms with van der Waals surface area (Å²) in [6, 6.07) is 15.3. The zero-order chi connectivity index (χ0) is 22.9. The number of nitrogens with one attached hydrogen (secondary N) is 1. The van der Waals surface area contributed by atoms with Gasteiger partial charge in [-0.1, -0.05) is 36.5 Å². The number of aryl methyl sites for hydroxylation is 1. The molecule has 2 aromatic carbocycles. The zero-order valence-electron chi connectivity index (χ0n) is 17.9. The Labute approximate surface area is 195 Å². The van der Waals surface area contributed by atoms with Gasteiger partial charge in [-0.15, -0.1) is 22.0 Å². The van der Waals surface area contributed by atoms with E-state index in [0.29, 0.717) is 28.8 Å². The fraction of sp³-hybridized carbons (Fsp3) is 0.217. The fourth-order valence-electron chi connectivity index (χ4n) is 2.70. The molecule has 1 N–H and O–H groups in total. The van der Waals surface area contributed by atoms with Gasteiger partial charge in [0.25, 0.3) is 5.91 Å². The summed E-state index contributed by atoms with van der Waals surface area (Å²) in [4.78, 5) is 13.6. The topological polar surface area (TPSA) is 97.1 Å². The average molecular weight is 467 g/mol. The third kappa shape index (κ3) is 6.09. The summed E-state index contributed by atoms with van der Waals surface area (Å²) in [5, 5.41) is 21.1. The van der Waals surface area contributed by atoms with Crippen molar-refractivity contribution in [2.75, 3.05) is 18.7 Å². The number of anilines is 1. The SMILES string of the molecule is CCc1nnc(NC(=O)C(C#N)=Cc2ccc(OCc3ccc(SC)cc3)c(OC)c2)s1. The molecule has 0 bridgehead atoms. The van der Waals surface area contributed by atoms with Gasteiger partial charge in [-0.2, -0.15) is 5.26 Å². The van der Waals surface area contributed by atoms with Gasteiger partial charge in [0.15, 0.2) is 11.5 Å². The first-order valence-corrected chi connectivity index (χ1v) is 11.8. The molecule has 0 radical (unpaired) electrons. The fourth-order valence-corrected chi connectivity index (χ4v) is 3.79. The molecule has 3 rings (SSSR count). The van der Waals surface area contributed by atoms with Gasteiger partial charge in [0, 0.05) is 4.90 Å². The molecule has 0 unspecified atom stereocenters. The summed E-state index contributed by atoms with van der Waals surface area (Å²) < 4.78 is 11.3. The van der Waals surface area contributed by atoms with Gasteiger partial charge in [-0.05, 0) is 54.1 Å². The zero-order valence-corrected chi connectivity index (χ0v) is 19.5. The minimum absolute atomic E-state index is 0.0529. The first-order chi connectivity index (χ1) is 15.6. The van der Waals surface area contributed by atoms with E-state index in [0.717, 1.165) is 17.0 Å². The summed E-state index contributed by atoms with van der Waals surface area (Å²) in [6.07, 6.45) is 4.25. The summed E-state index contributed by atoms with van der Waals surface area (Å²) in [5.74, 6) is 0.538. The molecule has 1 heterocycles. The number of ether oxygens (including phenoxy) is 2. The van der Waals surface area contributed by atoms with Crippen LogP contribution in [0, 0.1) is 11.3 Å². The lowest BCUT2D eigenvalue weighted by atomic mass is 10.1. The Morgan fingerprint density at radius 1 is 1.22 bits per heavy atom. The summed E-state index contributed by atoms with van der Waals surface area (Å²) in [5.41, 5.74) is 1.62. The van der Waals surface area contributed by atoms with Crippen molar-refractivity contribution in [2.24, 2.45) is 0 Å². The van der Waals surface area contributed by atoms with Gasteiger partial charge >= 0.3 is 0 Å². The molecular formula is C23H22N4O3S2. The van der Waals surface area contributed by atoms with Crippen molar-refractivity contribution in [1.29, 1.82) is 5.26 Å². The number of benzene rings is 2. The lowest BCUT2D eigenvalue weighted by Gasteiger charge is -2.12. The van der Waals surface area contributed by atoms with Crippen LogP contribution in [0.25, 0.3) is 6.08 Å². The standard InChI is InChI=1S/C23H22N4O3S2/c1-4-21-26-27-23(32-21)25-22(28)17(13-24)11-16-7-10-19(20(12-16)29-2)30-14-15-5-8-18(31-3)9-6-15/h5-12H,4,14H2,1-3H3,(H,25,27,28). The lowest BCUT2D eigenvalue weighted by Crippen LogP contribution is -2.13. The molecule has 0 spiro atoms. The number of hydrogen-bond donors (Lipinski definition) is 1. The van der Waals surface area contributed by atoms with Crippen molar-refractivity contribution in [1.82, 2.24) is 10.2 Å². The molecule has 0 fully saturated rings. The van der Waals surface area contributed by atoms with Crippen LogP contribution >= 0.6 is 23.1 Å². The number of nitrogens with zero attached hydrogens (tertiary/aromatic N) is 3. The van der Waals surface area contributed by atoms with E-state index in [9.17, 15) is 10.1 Å². The smallest absolute Gasteiger partial charge is 0.268 e. The number of amides is 1. The molecule has 1 aromatic heterocycles. The number of rotatable bonds is 9. The molecule has 3 aromatic rings. The highest BCUT2D eigenvalue weighted by Gasteiger charge is 2.13. The molecule has 0 saturated carbocycles. The van der Waals surface area contributed by atoms with E-state index < -0.39 is 5.91 Å². The molecular weight excluding hydrogens is 444 g/mol. The molecule has 0 aliphatic carbocycles. The Bertz CT molecular complexity index is 1150. The molecule has 164 valence electrons. The molecule has 0 atom stereocenters. The van der Waals surface area contributed by atoms with Gasteiger partial charge in [-0.3, -0.25) is 10.1 Å². The number of methoxy groups -OCH3 is 1. The maximum Gasteiger partial charge on any atom is 0.268 e. The quantitative estimate of drug-likeness (QED) is 0.270. The maximum atomic E-state index is 12.5. The minimum Gasteiger partial charge on any atom is -0.493 e. The number of thioether (sulfide) groups is 1.